The number of carbonyl (C=O) groups is 1. The van der Waals surface area contributed by atoms with E-state index < -0.39 is 131 Å². The Bertz CT molecular complexity index is 2280. The van der Waals surface area contributed by atoms with Gasteiger partial charge in [-0.05, 0) is 30.9 Å². The maximum atomic E-state index is 15.7. The van der Waals surface area contributed by atoms with Crippen molar-refractivity contribution in [2.45, 2.75) is 25.5 Å². The molecule has 0 bridgehead atoms. The molecule has 5 nitrogen and oxygen atoms in total. The highest BCUT2D eigenvalue weighted by molar-refractivity contribution is 6.07. The minimum absolute atomic E-state index is 0.0805. The summed E-state index contributed by atoms with van der Waals surface area (Å²) in [5.74, 6) is -12.9. The normalized spacial score (nSPS) is 33.2. The zero-order valence-electron chi connectivity index (χ0n) is 34.1. The molecule has 0 N–H and O–H groups in total. The SMILES string of the molecule is [2H]C1([2H])N(c2ccc3c(-c4c(F)c(F)c(F)c(F)c4C(=O)[O-])c4ccc(=[N+]5C([2H])([2H])C([2H])([2H])C([2H])([2H])C5([2H])[2H])cc-4oc3c2)C([2H])([2H])C([2H])([2H])C1([2H])[2H]. The van der Waals surface area contributed by atoms with Crippen molar-refractivity contribution in [3.05, 3.63) is 70.6 Å². The number of aromatic carboxylic acids is 1. The number of fused-ring (bicyclic) bond motifs is 2. The van der Waals surface area contributed by atoms with E-state index in [1.54, 1.807) is 0 Å². The van der Waals surface area contributed by atoms with Gasteiger partial charge in [-0.1, -0.05) is 0 Å². The van der Waals surface area contributed by atoms with Crippen molar-refractivity contribution in [2.75, 3.05) is 30.9 Å². The minimum atomic E-state index is -3.53. The number of carboxylic acids is 1. The van der Waals surface area contributed by atoms with Crippen LogP contribution in [0.1, 0.15) is 57.8 Å². The number of nitrogens with zero attached hydrogens (tertiary/aromatic N) is 2. The van der Waals surface area contributed by atoms with Crippen LogP contribution in [0.4, 0.5) is 23.2 Å². The molecule has 9 heteroatoms. The molecule has 0 amide bonds. The monoisotopic (exact) mass is 526 g/mol. The Morgan fingerprint density at radius 1 is 0.892 bits per heavy atom. The number of halogens is 4. The zero-order valence-corrected chi connectivity index (χ0v) is 18.1. The average molecular weight is 527 g/mol. The van der Waals surface area contributed by atoms with Crippen molar-refractivity contribution in [3.63, 3.8) is 0 Å². The van der Waals surface area contributed by atoms with Crippen LogP contribution in [-0.4, -0.2) is 32.0 Å². The van der Waals surface area contributed by atoms with E-state index in [-0.39, 0.29) is 9.48 Å². The van der Waals surface area contributed by atoms with E-state index >= 15 is 8.78 Å². The van der Waals surface area contributed by atoms with Crippen molar-refractivity contribution in [1.82, 2.24) is 4.58 Å². The van der Waals surface area contributed by atoms with Gasteiger partial charge >= 0.3 is 0 Å². The number of carbonyl (C=O) groups excluding carboxylic acids is 1. The third-order valence-corrected chi connectivity index (χ3v) is 5.72. The molecule has 0 aromatic heterocycles. The molecule has 0 unspecified atom stereocenters. The van der Waals surface area contributed by atoms with Crippen molar-refractivity contribution < 1.29 is 53.8 Å². The fourth-order valence-electron chi connectivity index (χ4n) is 4.12. The van der Waals surface area contributed by atoms with E-state index in [0.29, 0.717) is 0 Å². The second-order valence-electron chi connectivity index (χ2n) is 7.75. The number of hydrogen-bond acceptors (Lipinski definition) is 4. The lowest BCUT2D eigenvalue weighted by Crippen LogP contribution is -2.27. The highest BCUT2D eigenvalue weighted by Crippen LogP contribution is 2.44. The number of rotatable bonds is 3. The van der Waals surface area contributed by atoms with Gasteiger partial charge in [-0.25, -0.2) is 22.1 Å². The molecule has 0 spiro atoms. The third kappa shape index (κ3) is 3.75. The lowest BCUT2D eigenvalue weighted by molar-refractivity contribution is -0.255. The quantitative estimate of drug-likeness (QED) is 0.131. The molecule has 3 aliphatic heterocycles. The van der Waals surface area contributed by atoms with Crippen LogP contribution in [0.3, 0.4) is 0 Å². The molecule has 2 aromatic carbocycles. The third-order valence-electron chi connectivity index (χ3n) is 5.72. The second kappa shape index (κ2) is 8.90. The summed E-state index contributed by atoms with van der Waals surface area (Å²) in [4.78, 5) is 12.2. The van der Waals surface area contributed by atoms with Crippen LogP contribution < -0.4 is 19.9 Å². The standard InChI is InChI=1S/C28H22F4N2O3/c29-24-22(23(28(35)36)25(30)27(32)26(24)31)21-17-7-5-15(33-9-1-2-10-33)13-19(17)37-20-14-16(6-8-18(20)21)34-11-3-4-12-34/h5-8,13-14H,1-4,9-12H2/i1D2,2D2,3D2,4D2,9D2,10D2,11D2,12D2. The van der Waals surface area contributed by atoms with E-state index in [1.807, 2.05) is 0 Å². The Labute approximate surface area is 231 Å². The molecule has 6 rings (SSSR count). The van der Waals surface area contributed by atoms with E-state index in [9.17, 15) is 18.7 Å². The molecule has 0 radical (unpaired) electrons. The Hall–Kier alpha value is -3.88. The van der Waals surface area contributed by atoms with Gasteiger partial charge in [0.25, 0.3) is 0 Å². The first kappa shape index (κ1) is 11.7. The first-order valence-electron chi connectivity index (χ1n) is 18.4. The summed E-state index contributed by atoms with van der Waals surface area (Å²) in [7, 11) is 0. The van der Waals surface area contributed by atoms with Gasteiger partial charge in [0.2, 0.25) is 5.36 Å². The van der Waals surface area contributed by atoms with Gasteiger partial charge in [0.15, 0.2) is 23.3 Å². The van der Waals surface area contributed by atoms with Gasteiger partial charge in [0.05, 0.1) is 12.0 Å². The molecule has 190 valence electrons. The Kier molecular flexibility index (Phi) is 2.81. The predicted octanol–water partition coefficient (Wildman–Crippen LogP) is 4.29. The smallest absolute Gasteiger partial charge is 0.203 e. The van der Waals surface area contributed by atoms with Gasteiger partial charge in [-0.2, -0.15) is 0 Å². The molecule has 0 atom stereocenters. The van der Waals surface area contributed by atoms with Gasteiger partial charge < -0.3 is 19.2 Å². The van der Waals surface area contributed by atoms with Crippen LogP contribution in [0.5, 0.6) is 0 Å². The van der Waals surface area contributed by atoms with Gasteiger partial charge in [0.1, 0.15) is 29.8 Å². The summed E-state index contributed by atoms with van der Waals surface area (Å²) >= 11 is 0. The van der Waals surface area contributed by atoms with Crippen LogP contribution in [0.25, 0.3) is 33.4 Å². The largest absolute Gasteiger partial charge is 0.545 e. The van der Waals surface area contributed by atoms with E-state index in [4.69, 9.17) is 26.3 Å². The summed E-state index contributed by atoms with van der Waals surface area (Å²) in [6, 6.07) is 4.83. The molecule has 2 fully saturated rings. The van der Waals surface area contributed by atoms with Crippen LogP contribution in [-0.2, 0) is 0 Å². The van der Waals surface area contributed by atoms with E-state index in [1.165, 1.54) is 0 Å². The van der Waals surface area contributed by atoms with Crippen LogP contribution in [0.2, 0.25) is 0 Å². The molecule has 1 aliphatic carbocycles. The lowest BCUT2D eigenvalue weighted by Gasteiger charge is -2.22. The van der Waals surface area contributed by atoms with Gasteiger partial charge in [-0.3, -0.25) is 0 Å². The predicted molar refractivity (Wildman–Crippen MR) is 128 cm³/mol. The van der Waals surface area contributed by atoms with E-state index in [2.05, 4.69) is 0 Å². The number of hydrogen-bond donors (Lipinski definition) is 0. The summed E-state index contributed by atoms with van der Waals surface area (Å²) in [6.07, 6.45) is -14.1. The van der Waals surface area contributed by atoms with Crippen molar-refractivity contribution in [2.24, 2.45) is 0 Å². The Morgan fingerprint density at radius 2 is 1.59 bits per heavy atom. The van der Waals surface area contributed by atoms with Gasteiger partial charge in [0, 0.05) is 87.6 Å². The maximum absolute atomic E-state index is 15.7. The topological polar surface area (TPSA) is 59.5 Å². The Balaban J connectivity index is 1.81. The molecule has 2 aromatic rings. The summed E-state index contributed by atoms with van der Waals surface area (Å²) in [5, 5.41) is 11.0. The second-order valence-corrected chi connectivity index (χ2v) is 7.75. The van der Waals surface area contributed by atoms with Crippen molar-refractivity contribution >= 4 is 22.6 Å². The molecule has 37 heavy (non-hydrogen) atoms. The summed E-state index contributed by atoms with van der Waals surface area (Å²) < 4.78 is 198. The zero-order chi connectivity index (χ0) is 40.2. The highest BCUT2D eigenvalue weighted by Gasteiger charge is 2.31. The minimum Gasteiger partial charge on any atom is -0.545 e. The number of carboxylic acid groups (broad SMARTS) is 1. The van der Waals surface area contributed by atoms with E-state index in [0.717, 1.165) is 36.4 Å². The van der Waals surface area contributed by atoms with Crippen molar-refractivity contribution in [3.8, 4) is 22.5 Å². The molecular weight excluding hydrogens is 488 g/mol. The molecular formula is C28H22F4N2O3. The molecule has 3 heterocycles. The first-order valence-corrected chi connectivity index (χ1v) is 10.4. The highest BCUT2D eigenvalue weighted by atomic mass is 19.2. The molecule has 0 saturated carbocycles. The maximum Gasteiger partial charge on any atom is 0.203 e. The van der Waals surface area contributed by atoms with Crippen LogP contribution >= 0.6 is 0 Å². The van der Waals surface area contributed by atoms with Crippen LogP contribution in [0, 0.1) is 23.3 Å². The fraction of sp³-hybridized carbons (Fsp3) is 0.286. The number of benzene rings is 3. The number of anilines is 1. The fourth-order valence-corrected chi connectivity index (χ4v) is 4.12. The first-order chi connectivity index (χ1) is 23.9. The van der Waals surface area contributed by atoms with Gasteiger partial charge in [-0.15, -0.1) is 0 Å². The van der Waals surface area contributed by atoms with Crippen LogP contribution in [0.15, 0.2) is 40.8 Å². The summed E-state index contributed by atoms with van der Waals surface area (Å²) in [5.41, 5.74) is -5.99. The summed E-state index contributed by atoms with van der Waals surface area (Å²) in [6.45, 7) is -13.8. The molecule has 2 saturated heterocycles. The average Bonchev–Trinajstić information content (AvgIpc) is 3.15. The van der Waals surface area contributed by atoms with Crippen molar-refractivity contribution in [1.29, 1.82) is 0 Å². The molecule has 4 aliphatic rings. The Morgan fingerprint density at radius 3 is 2.30 bits per heavy atom. The lowest BCUT2D eigenvalue weighted by atomic mass is 9.89.